The average molecular weight is 310 g/mol. The van der Waals surface area contributed by atoms with Gasteiger partial charge in [0.15, 0.2) is 5.96 Å². The van der Waals surface area contributed by atoms with Crippen molar-refractivity contribution in [3.63, 3.8) is 0 Å². The van der Waals surface area contributed by atoms with Crippen molar-refractivity contribution in [1.82, 2.24) is 10.6 Å². The van der Waals surface area contributed by atoms with Gasteiger partial charge in [0.05, 0.1) is 5.75 Å². The topological polar surface area (TPSA) is 70.6 Å². The molecule has 0 spiro atoms. The van der Waals surface area contributed by atoms with E-state index in [1.165, 1.54) is 18.4 Å². The second-order valence-electron chi connectivity index (χ2n) is 4.37. The SMILES string of the molecule is CCNC(=NCCCS(C)(=O)=O)NCCCCSC. The van der Waals surface area contributed by atoms with E-state index >= 15 is 0 Å². The highest BCUT2D eigenvalue weighted by molar-refractivity contribution is 7.98. The van der Waals surface area contributed by atoms with Crippen LogP contribution in [0.25, 0.3) is 0 Å². The maximum Gasteiger partial charge on any atom is 0.191 e. The van der Waals surface area contributed by atoms with Crippen LogP contribution in [0.5, 0.6) is 0 Å². The zero-order valence-electron chi connectivity index (χ0n) is 12.2. The van der Waals surface area contributed by atoms with Gasteiger partial charge in [-0.25, -0.2) is 8.42 Å². The van der Waals surface area contributed by atoms with Crippen LogP contribution >= 0.6 is 11.8 Å². The summed E-state index contributed by atoms with van der Waals surface area (Å²) in [7, 11) is -2.87. The lowest BCUT2D eigenvalue weighted by atomic mass is 10.3. The number of aliphatic imine (C=N–C) groups is 1. The molecule has 0 rings (SSSR count). The van der Waals surface area contributed by atoms with Crippen LogP contribution < -0.4 is 10.6 Å². The third kappa shape index (κ3) is 13.8. The summed E-state index contributed by atoms with van der Waals surface area (Å²) in [5.41, 5.74) is 0. The number of guanidine groups is 1. The summed E-state index contributed by atoms with van der Waals surface area (Å²) in [4.78, 5) is 4.36. The van der Waals surface area contributed by atoms with Crippen molar-refractivity contribution in [2.45, 2.75) is 26.2 Å². The highest BCUT2D eigenvalue weighted by Gasteiger charge is 2.01. The molecule has 0 saturated carbocycles. The molecule has 19 heavy (non-hydrogen) atoms. The van der Waals surface area contributed by atoms with Gasteiger partial charge in [-0.3, -0.25) is 4.99 Å². The van der Waals surface area contributed by atoms with Gasteiger partial charge >= 0.3 is 0 Å². The van der Waals surface area contributed by atoms with E-state index in [1.807, 2.05) is 18.7 Å². The Hall–Kier alpha value is -0.430. The molecule has 0 atom stereocenters. The van der Waals surface area contributed by atoms with Gasteiger partial charge in [-0.05, 0) is 38.2 Å². The summed E-state index contributed by atoms with van der Waals surface area (Å²) in [5.74, 6) is 2.16. The van der Waals surface area contributed by atoms with E-state index in [4.69, 9.17) is 0 Å². The molecule has 0 aromatic rings. The number of thioether (sulfide) groups is 1. The van der Waals surface area contributed by atoms with Crippen LogP contribution in [-0.2, 0) is 9.84 Å². The van der Waals surface area contributed by atoms with Crippen LogP contribution in [0.1, 0.15) is 26.2 Å². The quantitative estimate of drug-likeness (QED) is 0.359. The third-order valence-electron chi connectivity index (χ3n) is 2.36. The maximum atomic E-state index is 11.0. The Balaban J connectivity index is 3.88. The molecule has 0 radical (unpaired) electrons. The van der Waals surface area contributed by atoms with Crippen LogP contribution in [0.15, 0.2) is 4.99 Å². The lowest BCUT2D eigenvalue weighted by molar-refractivity contribution is 0.599. The van der Waals surface area contributed by atoms with Crippen molar-refractivity contribution in [2.24, 2.45) is 4.99 Å². The predicted octanol–water partition coefficient (Wildman–Crippen LogP) is 1.12. The first-order valence-electron chi connectivity index (χ1n) is 6.68. The Morgan fingerprint density at radius 3 is 2.53 bits per heavy atom. The number of nitrogens with zero attached hydrogens (tertiary/aromatic N) is 1. The fraction of sp³-hybridized carbons (Fsp3) is 0.917. The minimum Gasteiger partial charge on any atom is -0.357 e. The highest BCUT2D eigenvalue weighted by atomic mass is 32.2. The zero-order chi connectivity index (χ0) is 14.6. The molecule has 0 amide bonds. The number of hydrogen-bond acceptors (Lipinski definition) is 4. The van der Waals surface area contributed by atoms with Gasteiger partial charge in [0, 0.05) is 25.9 Å². The Kier molecular flexibility index (Phi) is 11.1. The number of rotatable bonds is 10. The van der Waals surface area contributed by atoms with Crippen LogP contribution in [0.4, 0.5) is 0 Å². The first-order valence-corrected chi connectivity index (χ1v) is 10.1. The summed E-state index contributed by atoms with van der Waals surface area (Å²) in [6, 6.07) is 0. The molecule has 0 aromatic carbocycles. The fourth-order valence-electron chi connectivity index (χ4n) is 1.44. The molecule has 0 aliphatic rings. The van der Waals surface area contributed by atoms with Gasteiger partial charge in [-0.15, -0.1) is 0 Å². The second-order valence-corrected chi connectivity index (χ2v) is 7.62. The van der Waals surface area contributed by atoms with Crippen LogP contribution in [0, 0.1) is 0 Å². The maximum absolute atomic E-state index is 11.0. The first-order chi connectivity index (χ1) is 8.99. The summed E-state index contributed by atoms with van der Waals surface area (Å²) >= 11 is 1.86. The van der Waals surface area contributed by atoms with Crippen molar-refractivity contribution < 1.29 is 8.42 Å². The normalized spacial score (nSPS) is 12.5. The first kappa shape index (κ1) is 18.6. The molecule has 2 N–H and O–H groups in total. The highest BCUT2D eigenvalue weighted by Crippen LogP contribution is 1.97. The Bertz CT molecular complexity index is 343. The molecule has 0 saturated heterocycles. The minimum atomic E-state index is -2.87. The molecule has 0 aliphatic heterocycles. The van der Waals surface area contributed by atoms with E-state index in [2.05, 4.69) is 21.9 Å². The molecule has 0 aliphatic carbocycles. The standard InChI is InChI=1S/C12H27N3O2S2/c1-4-13-12(14-8-5-6-10-18-2)15-9-7-11-19(3,16)17/h4-11H2,1-3H3,(H2,13,14,15). The molecule has 0 bridgehead atoms. The Morgan fingerprint density at radius 1 is 1.21 bits per heavy atom. The molecule has 7 heteroatoms. The Labute approximate surface area is 121 Å². The minimum absolute atomic E-state index is 0.198. The van der Waals surface area contributed by atoms with E-state index in [0.29, 0.717) is 13.0 Å². The van der Waals surface area contributed by atoms with Gasteiger partial charge < -0.3 is 10.6 Å². The number of unbranched alkanes of at least 4 members (excludes halogenated alkanes) is 1. The summed E-state index contributed by atoms with van der Waals surface area (Å²) in [6.07, 6.45) is 6.25. The smallest absolute Gasteiger partial charge is 0.191 e. The van der Waals surface area contributed by atoms with Crippen molar-refractivity contribution in [3.05, 3.63) is 0 Å². The fourth-order valence-corrected chi connectivity index (χ4v) is 2.58. The van der Waals surface area contributed by atoms with Crippen LogP contribution in [0.3, 0.4) is 0 Å². The van der Waals surface area contributed by atoms with Crippen molar-refractivity contribution in [2.75, 3.05) is 43.7 Å². The van der Waals surface area contributed by atoms with Crippen molar-refractivity contribution in [3.8, 4) is 0 Å². The predicted molar refractivity (Wildman–Crippen MR) is 85.9 cm³/mol. The van der Waals surface area contributed by atoms with Gasteiger partial charge in [0.1, 0.15) is 9.84 Å². The van der Waals surface area contributed by atoms with E-state index in [-0.39, 0.29) is 5.75 Å². The molecule has 5 nitrogen and oxygen atoms in total. The third-order valence-corrected chi connectivity index (χ3v) is 4.08. The van der Waals surface area contributed by atoms with E-state index in [0.717, 1.165) is 25.5 Å². The lowest BCUT2D eigenvalue weighted by Crippen LogP contribution is -2.38. The molecular weight excluding hydrogens is 282 g/mol. The van der Waals surface area contributed by atoms with Gasteiger partial charge in [0.2, 0.25) is 0 Å². The number of sulfone groups is 1. The molecular formula is C12H27N3O2S2. The van der Waals surface area contributed by atoms with E-state index in [9.17, 15) is 8.42 Å². The van der Waals surface area contributed by atoms with Gasteiger partial charge in [0.25, 0.3) is 0 Å². The summed E-state index contributed by atoms with van der Waals surface area (Å²) < 4.78 is 22.0. The van der Waals surface area contributed by atoms with Crippen molar-refractivity contribution >= 4 is 27.6 Å². The van der Waals surface area contributed by atoms with Crippen LogP contribution in [0.2, 0.25) is 0 Å². The molecule has 0 heterocycles. The average Bonchev–Trinajstić information content (AvgIpc) is 2.33. The molecule has 0 fully saturated rings. The molecule has 0 unspecified atom stereocenters. The summed E-state index contributed by atoms with van der Waals surface area (Å²) in [6.45, 7) is 4.26. The zero-order valence-corrected chi connectivity index (χ0v) is 13.9. The largest absolute Gasteiger partial charge is 0.357 e. The summed E-state index contributed by atoms with van der Waals surface area (Å²) in [5, 5.41) is 6.41. The van der Waals surface area contributed by atoms with Crippen molar-refractivity contribution in [1.29, 1.82) is 0 Å². The van der Waals surface area contributed by atoms with Gasteiger partial charge in [-0.1, -0.05) is 0 Å². The Morgan fingerprint density at radius 2 is 1.95 bits per heavy atom. The van der Waals surface area contributed by atoms with E-state index in [1.54, 1.807) is 0 Å². The second kappa shape index (κ2) is 11.4. The molecule has 114 valence electrons. The van der Waals surface area contributed by atoms with Crippen LogP contribution in [-0.4, -0.2) is 58.0 Å². The number of hydrogen-bond donors (Lipinski definition) is 2. The lowest BCUT2D eigenvalue weighted by Gasteiger charge is -2.10. The number of nitrogens with one attached hydrogen (secondary N) is 2. The van der Waals surface area contributed by atoms with Gasteiger partial charge in [-0.2, -0.15) is 11.8 Å². The monoisotopic (exact) mass is 309 g/mol. The van der Waals surface area contributed by atoms with E-state index < -0.39 is 9.84 Å². The molecule has 0 aromatic heterocycles.